The topological polar surface area (TPSA) is 33.6 Å². The maximum atomic E-state index is 5.40. The van der Waals surface area contributed by atoms with Gasteiger partial charge in [0.25, 0.3) is 0 Å². The number of fused-ring (bicyclic) bond motifs is 1. The number of nitrogens with one attached hydrogen (secondary N) is 1. The second-order valence-electron chi connectivity index (χ2n) is 3.99. The van der Waals surface area contributed by atoms with Crippen LogP contribution in [0.4, 0.5) is 0 Å². The van der Waals surface area contributed by atoms with Gasteiger partial charge in [0.05, 0.1) is 11.2 Å². The van der Waals surface area contributed by atoms with Crippen LogP contribution in [0.25, 0.3) is 16.9 Å². The summed E-state index contributed by atoms with van der Waals surface area (Å²) in [5, 5.41) is 0. The van der Waals surface area contributed by atoms with E-state index in [1.807, 2.05) is 22.8 Å². The van der Waals surface area contributed by atoms with Gasteiger partial charge in [-0.1, -0.05) is 6.07 Å². The molecule has 2 heterocycles. The van der Waals surface area contributed by atoms with Crippen LogP contribution in [0.3, 0.4) is 0 Å². The van der Waals surface area contributed by atoms with Crippen molar-refractivity contribution in [2.24, 2.45) is 0 Å². The van der Waals surface area contributed by atoms with E-state index >= 15 is 0 Å². The Balaban J connectivity index is 2.29. The number of thioether (sulfide) groups is 1. The van der Waals surface area contributed by atoms with Crippen LogP contribution in [0, 0.1) is 4.77 Å². The van der Waals surface area contributed by atoms with Crippen molar-refractivity contribution >= 4 is 51.1 Å². The molecular formula is C13H10BrN3S2. The van der Waals surface area contributed by atoms with Crippen molar-refractivity contribution < 1.29 is 0 Å². The molecule has 0 saturated heterocycles. The Morgan fingerprint density at radius 1 is 1.37 bits per heavy atom. The van der Waals surface area contributed by atoms with E-state index in [4.69, 9.17) is 12.2 Å². The summed E-state index contributed by atoms with van der Waals surface area (Å²) in [6.45, 7) is 0. The number of halogens is 1. The molecule has 1 aromatic carbocycles. The molecule has 2 aromatic heterocycles. The van der Waals surface area contributed by atoms with Crippen molar-refractivity contribution in [2.45, 2.75) is 4.90 Å². The van der Waals surface area contributed by atoms with E-state index in [2.05, 4.69) is 44.3 Å². The molecule has 1 N–H and O–H groups in total. The van der Waals surface area contributed by atoms with Gasteiger partial charge in [-0.3, -0.25) is 4.57 Å². The van der Waals surface area contributed by atoms with E-state index < -0.39 is 0 Å². The quantitative estimate of drug-likeness (QED) is 0.542. The van der Waals surface area contributed by atoms with Gasteiger partial charge in [-0.15, -0.1) is 11.8 Å². The van der Waals surface area contributed by atoms with Crippen LogP contribution in [0.15, 0.2) is 45.9 Å². The average molecular weight is 352 g/mol. The maximum Gasteiger partial charge on any atom is 0.183 e. The van der Waals surface area contributed by atoms with E-state index in [9.17, 15) is 0 Å². The number of aromatic nitrogens is 3. The third-order valence-electron chi connectivity index (χ3n) is 2.80. The number of pyridine rings is 1. The molecule has 0 aliphatic rings. The van der Waals surface area contributed by atoms with Crippen LogP contribution >= 0.6 is 39.9 Å². The summed E-state index contributed by atoms with van der Waals surface area (Å²) in [5.41, 5.74) is 2.79. The lowest BCUT2D eigenvalue weighted by molar-refractivity contribution is 1.04. The molecule has 6 heteroatoms. The predicted octanol–water partition coefficient (Wildman–Crippen LogP) is 4.57. The Hall–Kier alpha value is -1.11. The molecule has 3 rings (SSSR count). The Kier molecular flexibility index (Phi) is 3.47. The molecule has 0 radical (unpaired) electrons. The zero-order valence-electron chi connectivity index (χ0n) is 10.1. The van der Waals surface area contributed by atoms with Crippen molar-refractivity contribution in [2.75, 3.05) is 6.26 Å². The number of rotatable bonds is 2. The molecule has 3 aromatic rings. The zero-order valence-corrected chi connectivity index (χ0v) is 13.3. The van der Waals surface area contributed by atoms with Crippen molar-refractivity contribution in [3.63, 3.8) is 0 Å². The summed E-state index contributed by atoms with van der Waals surface area (Å²) in [4.78, 5) is 8.83. The number of benzene rings is 1. The molecule has 96 valence electrons. The van der Waals surface area contributed by atoms with Gasteiger partial charge in [0.1, 0.15) is 0 Å². The molecule has 19 heavy (non-hydrogen) atoms. The predicted molar refractivity (Wildman–Crippen MR) is 85.7 cm³/mol. The second-order valence-corrected chi connectivity index (χ2v) is 6.17. The normalized spacial score (nSPS) is 11.1. The molecule has 0 bridgehead atoms. The van der Waals surface area contributed by atoms with Crippen LogP contribution in [-0.4, -0.2) is 20.8 Å². The van der Waals surface area contributed by atoms with Gasteiger partial charge in [-0.2, -0.15) is 0 Å². The monoisotopic (exact) mass is 351 g/mol. The molecule has 0 spiro atoms. The molecular weight excluding hydrogens is 342 g/mol. The first-order chi connectivity index (χ1) is 9.19. The van der Waals surface area contributed by atoms with Crippen LogP contribution in [0.2, 0.25) is 0 Å². The Morgan fingerprint density at radius 3 is 3.00 bits per heavy atom. The number of imidazole rings is 1. The molecule has 0 fully saturated rings. The van der Waals surface area contributed by atoms with Gasteiger partial charge in [-0.25, -0.2) is 4.98 Å². The summed E-state index contributed by atoms with van der Waals surface area (Å²) in [5.74, 6) is 0. The van der Waals surface area contributed by atoms with Crippen LogP contribution in [0.5, 0.6) is 0 Å². The lowest BCUT2D eigenvalue weighted by atomic mass is 10.3. The SMILES string of the molecule is CSc1cccc(-n2c(=S)[nH]c3cc(Br)cnc32)c1. The molecule has 0 unspecified atom stereocenters. The van der Waals surface area contributed by atoms with Crippen LogP contribution < -0.4 is 0 Å². The molecule has 0 atom stereocenters. The highest BCUT2D eigenvalue weighted by molar-refractivity contribution is 9.10. The summed E-state index contributed by atoms with van der Waals surface area (Å²) in [6, 6.07) is 10.2. The lowest BCUT2D eigenvalue weighted by Gasteiger charge is -2.05. The fraction of sp³-hybridized carbons (Fsp3) is 0.0769. The van der Waals surface area contributed by atoms with E-state index in [0.717, 1.165) is 21.3 Å². The number of hydrogen-bond donors (Lipinski definition) is 1. The number of nitrogens with zero attached hydrogens (tertiary/aromatic N) is 2. The largest absolute Gasteiger partial charge is 0.329 e. The first-order valence-electron chi connectivity index (χ1n) is 5.60. The van der Waals surface area contributed by atoms with Crippen molar-refractivity contribution in [1.82, 2.24) is 14.5 Å². The van der Waals surface area contributed by atoms with Crippen molar-refractivity contribution in [1.29, 1.82) is 0 Å². The third kappa shape index (κ3) is 2.35. The minimum absolute atomic E-state index is 0.652. The summed E-state index contributed by atoms with van der Waals surface area (Å²) >= 11 is 10.5. The van der Waals surface area contributed by atoms with Crippen molar-refractivity contribution in [3.05, 3.63) is 45.8 Å². The second kappa shape index (κ2) is 5.11. The summed E-state index contributed by atoms with van der Waals surface area (Å²) in [6.07, 6.45) is 3.84. The van der Waals surface area contributed by atoms with Gasteiger partial charge in [0.2, 0.25) is 0 Å². The maximum absolute atomic E-state index is 5.40. The molecule has 0 aliphatic carbocycles. The highest BCUT2D eigenvalue weighted by Gasteiger charge is 2.08. The fourth-order valence-electron chi connectivity index (χ4n) is 1.96. The van der Waals surface area contributed by atoms with Gasteiger partial charge in [0, 0.05) is 15.6 Å². The Labute approximate surface area is 128 Å². The van der Waals surface area contributed by atoms with Gasteiger partial charge in [-0.05, 0) is 58.7 Å². The first-order valence-corrected chi connectivity index (χ1v) is 8.02. The van der Waals surface area contributed by atoms with Gasteiger partial charge in [0.15, 0.2) is 10.4 Å². The summed E-state index contributed by atoms with van der Waals surface area (Å²) < 4.78 is 3.54. The highest BCUT2D eigenvalue weighted by atomic mass is 79.9. The number of aromatic amines is 1. The average Bonchev–Trinajstić information content (AvgIpc) is 2.73. The minimum atomic E-state index is 0.652. The van der Waals surface area contributed by atoms with E-state index in [-0.39, 0.29) is 0 Å². The number of hydrogen-bond acceptors (Lipinski definition) is 3. The van der Waals surface area contributed by atoms with Crippen LogP contribution in [0.1, 0.15) is 0 Å². The van der Waals surface area contributed by atoms with E-state index in [0.29, 0.717) is 4.77 Å². The Bertz CT molecular complexity index is 807. The van der Waals surface area contributed by atoms with Gasteiger partial charge >= 0.3 is 0 Å². The van der Waals surface area contributed by atoms with Crippen LogP contribution in [-0.2, 0) is 0 Å². The summed E-state index contributed by atoms with van der Waals surface area (Å²) in [7, 11) is 0. The smallest absolute Gasteiger partial charge is 0.183 e. The number of H-pyrrole nitrogens is 1. The molecule has 0 amide bonds. The van der Waals surface area contributed by atoms with E-state index in [1.54, 1.807) is 18.0 Å². The minimum Gasteiger partial charge on any atom is -0.329 e. The first kappa shape index (κ1) is 12.9. The molecule has 0 aliphatic heterocycles. The molecule has 3 nitrogen and oxygen atoms in total. The zero-order chi connectivity index (χ0) is 13.4. The van der Waals surface area contributed by atoms with Crippen molar-refractivity contribution in [3.8, 4) is 5.69 Å². The standard InChI is InChI=1S/C13H10BrN3S2/c1-19-10-4-2-3-9(6-10)17-12-11(16-13(17)18)5-8(14)7-15-12/h2-7H,1H3,(H,16,18). The highest BCUT2D eigenvalue weighted by Crippen LogP contribution is 2.23. The lowest BCUT2D eigenvalue weighted by Crippen LogP contribution is -1.95. The molecule has 0 saturated carbocycles. The fourth-order valence-corrected chi connectivity index (χ4v) is 3.05. The third-order valence-corrected chi connectivity index (χ3v) is 4.24. The Morgan fingerprint density at radius 2 is 2.21 bits per heavy atom. The van der Waals surface area contributed by atoms with E-state index in [1.165, 1.54) is 4.90 Å². The van der Waals surface area contributed by atoms with Gasteiger partial charge < -0.3 is 4.98 Å².